The van der Waals surface area contributed by atoms with Gasteiger partial charge in [-0.3, -0.25) is 14.6 Å². The molecule has 0 aliphatic rings. The Morgan fingerprint density at radius 1 is 1.09 bits per heavy atom. The third-order valence-electron chi connectivity index (χ3n) is 4.06. The summed E-state index contributed by atoms with van der Waals surface area (Å²) in [6.45, 7) is 0. The molecule has 2 amide bonds. The Morgan fingerprint density at radius 2 is 1.94 bits per heavy atom. The van der Waals surface area contributed by atoms with Crippen molar-refractivity contribution in [3.63, 3.8) is 0 Å². The Bertz CT molecular complexity index is 1230. The van der Waals surface area contributed by atoms with Crippen LogP contribution in [0.15, 0.2) is 57.7 Å². The highest BCUT2D eigenvalue weighted by atomic mass is 35.5. The molecule has 0 fully saturated rings. The number of amides is 2. The summed E-state index contributed by atoms with van der Waals surface area (Å²) >= 11 is 8.24. The molecule has 0 saturated carbocycles. The van der Waals surface area contributed by atoms with E-state index in [9.17, 15) is 9.59 Å². The second kappa shape index (κ2) is 11.0. The van der Waals surface area contributed by atoms with Gasteiger partial charge in [0.2, 0.25) is 28.7 Å². The van der Waals surface area contributed by atoms with Crippen molar-refractivity contribution in [3.05, 3.63) is 59.7 Å². The average molecular weight is 502 g/mol. The van der Waals surface area contributed by atoms with Gasteiger partial charge in [-0.1, -0.05) is 39.9 Å². The first-order valence-corrected chi connectivity index (χ1v) is 11.8. The first-order chi connectivity index (χ1) is 16.0. The molecule has 0 atom stereocenters. The number of rotatable bonds is 9. The molecule has 0 unspecified atom stereocenters. The number of hydrogen-bond donors (Lipinski definition) is 2. The maximum atomic E-state index is 12.2. The molecule has 3 heterocycles. The van der Waals surface area contributed by atoms with Crippen LogP contribution in [0.5, 0.6) is 0 Å². The standard InChI is InChI=1S/C20H16ClN7O3S2/c21-13-3-5-14(6-4-13)23-16(30)11-32-20-27-26-19(33-20)24-15(29)7-8-17-25-18(28-31-17)12-2-1-9-22-10-12/h1-6,9-10H,7-8,11H2,(H,23,30)(H,24,26,29). The molecular formula is C20H16ClN7O3S2. The van der Waals surface area contributed by atoms with Gasteiger partial charge in [-0.2, -0.15) is 4.98 Å². The van der Waals surface area contributed by atoms with Crippen molar-refractivity contribution >= 4 is 57.3 Å². The van der Waals surface area contributed by atoms with Crippen LogP contribution in [-0.4, -0.2) is 42.9 Å². The second-order valence-corrected chi connectivity index (χ2v) is 9.15. The zero-order chi connectivity index (χ0) is 23.0. The van der Waals surface area contributed by atoms with E-state index < -0.39 is 0 Å². The van der Waals surface area contributed by atoms with Gasteiger partial charge < -0.3 is 15.2 Å². The van der Waals surface area contributed by atoms with Crippen molar-refractivity contribution in [1.82, 2.24) is 25.3 Å². The number of nitrogens with zero attached hydrogens (tertiary/aromatic N) is 5. The molecule has 10 nitrogen and oxygen atoms in total. The monoisotopic (exact) mass is 501 g/mol. The lowest BCUT2D eigenvalue weighted by Gasteiger charge is -2.03. The van der Waals surface area contributed by atoms with Crippen LogP contribution in [0.4, 0.5) is 10.8 Å². The summed E-state index contributed by atoms with van der Waals surface area (Å²) in [5.74, 6) is 0.480. The molecule has 0 bridgehead atoms. The van der Waals surface area contributed by atoms with E-state index in [0.717, 1.165) is 5.56 Å². The van der Waals surface area contributed by atoms with Gasteiger partial charge in [0, 0.05) is 41.5 Å². The van der Waals surface area contributed by atoms with E-state index in [-0.39, 0.29) is 30.4 Å². The van der Waals surface area contributed by atoms with E-state index in [1.165, 1.54) is 23.1 Å². The van der Waals surface area contributed by atoms with E-state index in [0.29, 0.717) is 31.9 Å². The maximum Gasteiger partial charge on any atom is 0.234 e. The molecule has 33 heavy (non-hydrogen) atoms. The summed E-state index contributed by atoms with van der Waals surface area (Å²) in [6.07, 6.45) is 3.71. The highest BCUT2D eigenvalue weighted by Crippen LogP contribution is 2.26. The predicted octanol–water partition coefficient (Wildman–Crippen LogP) is 3.94. The van der Waals surface area contributed by atoms with E-state index >= 15 is 0 Å². The fourth-order valence-corrected chi connectivity index (χ4v) is 4.24. The van der Waals surface area contributed by atoms with Crippen molar-refractivity contribution in [2.24, 2.45) is 0 Å². The van der Waals surface area contributed by atoms with Crippen LogP contribution >= 0.6 is 34.7 Å². The SMILES string of the molecule is O=C(CSc1nnc(NC(=O)CCc2nc(-c3cccnc3)no2)s1)Nc1ccc(Cl)cc1. The molecule has 13 heteroatoms. The molecule has 0 spiro atoms. The molecule has 0 radical (unpaired) electrons. The van der Waals surface area contributed by atoms with Crippen LogP contribution in [0.1, 0.15) is 12.3 Å². The van der Waals surface area contributed by atoms with Crippen LogP contribution in [0.2, 0.25) is 5.02 Å². The number of halogens is 1. The van der Waals surface area contributed by atoms with E-state index in [1.54, 1.807) is 42.7 Å². The summed E-state index contributed by atoms with van der Waals surface area (Å²) in [7, 11) is 0. The molecule has 1 aromatic carbocycles. The van der Waals surface area contributed by atoms with E-state index in [1.807, 2.05) is 6.07 Å². The van der Waals surface area contributed by atoms with Gasteiger partial charge in [-0.25, -0.2) is 0 Å². The lowest BCUT2D eigenvalue weighted by Crippen LogP contribution is -2.13. The fraction of sp³-hybridized carbons (Fsp3) is 0.150. The molecule has 3 aromatic heterocycles. The number of thioether (sulfide) groups is 1. The maximum absolute atomic E-state index is 12.2. The van der Waals surface area contributed by atoms with Crippen LogP contribution < -0.4 is 10.6 Å². The van der Waals surface area contributed by atoms with Crippen molar-refractivity contribution in [3.8, 4) is 11.4 Å². The van der Waals surface area contributed by atoms with Gasteiger partial charge >= 0.3 is 0 Å². The number of aryl methyl sites for hydroxylation is 1. The number of benzene rings is 1. The van der Waals surface area contributed by atoms with Crippen LogP contribution in [0.3, 0.4) is 0 Å². The van der Waals surface area contributed by atoms with Crippen LogP contribution in [0.25, 0.3) is 11.4 Å². The van der Waals surface area contributed by atoms with Crippen molar-refractivity contribution in [2.75, 3.05) is 16.4 Å². The Balaban J connectivity index is 1.20. The first-order valence-electron chi connectivity index (χ1n) is 9.60. The second-order valence-electron chi connectivity index (χ2n) is 6.52. The number of pyridine rings is 1. The zero-order valence-corrected chi connectivity index (χ0v) is 19.3. The minimum Gasteiger partial charge on any atom is -0.339 e. The van der Waals surface area contributed by atoms with Gasteiger partial charge in [0.25, 0.3) is 0 Å². The molecule has 0 saturated heterocycles. The summed E-state index contributed by atoms with van der Waals surface area (Å²) < 4.78 is 5.75. The lowest BCUT2D eigenvalue weighted by molar-refractivity contribution is -0.116. The molecule has 0 aliphatic heterocycles. The van der Waals surface area contributed by atoms with E-state index in [2.05, 4.69) is 36.0 Å². The molecule has 0 aliphatic carbocycles. The number of carbonyl (C=O) groups excluding carboxylic acids is 2. The summed E-state index contributed by atoms with van der Waals surface area (Å²) in [5, 5.41) is 18.2. The van der Waals surface area contributed by atoms with Crippen molar-refractivity contribution in [2.45, 2.75) is 17.2 Å². The number of carbonyl (C=O) groups is 2. The summed E-state index contributed by atoms with van der Waals surface area (Å²) in [6, 6.07) is 10.4. The van der Waals surface area contributed by atoms with Gasteiger partial charge in [0.05, 0.1) is 5.75 Å². The molecule has 2 N–H and O–H groups in total. The first kappa shape index (κ1) is 22.8. The molecule has 4 rings (SSSR count). The highest BCUT2D eigenvalue weighted by Gasteiger charge is 2.13. The smallest absolute Gasteiger partial charge is 0.234 e. The number of hydrogen-bond acceptors (Lipinski definition) is 10. The minimum atomic E-state index is -0.260. The van der Waals surface area contributed by atoms with Gasteiger partial charge in [-0.05, 0) is 36.4 Å². The Kier molecular flexibility index (Phi) is 7.60. The van der Waals surface area contributed by atoms with E-state index in [4.69, 9.17) is 16.1 Å². The Hall–Kier alpha value is -3.35. The lowest BCUT2D eigenvalue weighted by atomic mass is 10.2. The largest absolute Gasteiger partial charge is 0.339 e. The zero-order valence-electron chi connectivity index (χ0n) is 16.9. The number of aromatic nitrogens is 5. The van der Waals surface area contributed by atoms with Crippen molar-refractivity contribution in [1.29, 1.82) is 0 Å². The predicted molar refractivity (Wildman–Crippen MR) is 125 cm³/mol. The minimum absolute atomic E-state index is 0.139. The molecular weight excluding hydrogens is 486 g/mol. The van der Waals surface area contributed by atoms with Crippen LogP contribution in [0, 0.1) is 0 Å². The molecule has 168 valence electrons. The van der Waals surface area contributed by atoms with Crippen molar-refractivity contribution < 1.29 is 14.1 Å². The number of anilines is 2. The third kappa shape index (κ3) is 6.81. The van der Waals surface area contributed by atoms with Gasteiger partial charge in [0.1, 0.15) is 0 Å². The third-order valence-corrected chi connectivity index (χ3v) is 6.29. The highest BCUT2D eigenvalue weighted by molar-refractivity contribution is 8.01. The quantitative estimate of drug-likeness (QED) is 0.258. The van der Waals surface area contributed by atoms with Gasteiger partial charge in [0.15, 0.2) is 4.34 Å². The summed E-state index contributed by atoms with van der Waals surface area (Å²) in [5.41, 5.74) is 1.39. The number of nitrogens with one attached hydrogen (secondary N) is 2. The Labute approximate surface area is 201 Å². The average Bonchev–Trinajstić information content (AvgIpc) is 3.48. The normalized spacial score (nSPS) is 10.7. The fourth-order valence-electron chi connectivity index (χ4n) is 2.55. The van der Waals surface area contributed by atoms with Gasteiger partial charge in [-0.15, -0.1) is 10.2 Å². The topological polar surface area (TPSA) is 136 Å². The van der Waals surface area contributed by atoms with Crippen LogP contribution in [-0.2, 0) is 16.0 Å². The molecule has 4 aromatic rings. The Morgan fingerprint density at radius 3 is 2.73 bits per heavy atom. The summed E-state index contributed by atoms with van der Waals surface area (Å²) in [4.78, 5) is 32.6.